The van der Waals surface area contributed by atoms with E-state index in [2.05, 4.69) is 20.1 Å². The molecule has 0 bridgehead atoms. The lowest BCUT2D eigenvalue weighted by Crippen LogP contribution is -2.00. The number of Topliss-reactive ketones (excluding diaryl/α,β-unsaturated/α-hetero) is 1. The Hall–Kier alpha value is -3.65. The summed E-state index contributed by atoms with van der Waals surface area (Å²) in [5.74, 6) is -0.299. The number of hydrogen-bond acceptors (Lipinski definition) is 5. The fourth-order valence-corrected chi connectivity index (χ4v) is 4.57. The Bertz CT molecular complexity index is 1450. The molecule has 0 aliphatic carbocycles. The molecule has 0 aliphatic heterocycles. The molecule has 1 N–H and O–H groups in total. The number of fused-ring (bicyclic) bond motifs is 1. The molecular formula is C24H20FN5OS. The highest BCUT2D eigenvalue weighted by atomic mass is 32.1. The van der Waals surface area contributed by atoms with Crippen molar-refractivity contribution in [2.75, 3.05) is 0 Å². The van der Waals surface area contributed by atoms with E-state index in [1.807, 2.05) is 44.4 Å². The molecule has 1 aromatic carbocycles. The van der Waals surface area contributed by atoms with Crippen LogP contribution in [0, 0.1) is 12.7 Å². The molecule has 4 heterocycles. The van der Waals surface area contributed by atoms with Crippen molar-refractivity contribution < 1.29 is 9.18 Å². The lowest BCUT2D eigenvalue weighted by Gasteiger charge is -2.06. The third-order valence-corrected chi connectivity index (χ3v) is 6.45. The Labute approximate surface area is 187 Å². The number of nitrogens with zero attached hydrogens (tertiary/aromatic N) is 4. The number of H-pyrrole nitrogens is 1. The molecular weight excluding hydrogens is 425 g/mol. The van der Waals surface area contributed by atoms with Gasteiger partial charge in [0.1, 0.15) is 17.8 Å². The average Bonchev–Trinajstić information content (AvgIpc) is 3.51. The number of aromatic nitrogens is 5. The van der Waals surface area contributed by atoms with Gasteiger partial charge in [-0.2, -0.15) is 5.10 Å². The van der Waals surface area contributed by atoms with Crippen molar-refractivity contribution in [1.29, 1.82) is 0 Å². The van der Waals surface area contributed by atoms with Crippen molar-refractivity contribution >= 4 is 28.2 Å². The summed E-state index contributed by atoms with van der Waals surface area (Å²) in [5.41, 5.74) is 4.31. The Morgan fingerprint density at radius 1 is 1.16 bits per heavy atom. The number of aromatic amines is 1. The molecule has 32 heavy (non-hydrogen) atoms. The largest absolute Gasteiger partial charge is 0.339 e. The number of nitrogens with one attached hydrogen (secondary N) is 1. The quantitative estimate of drug-likeness (QED) is 0.358. The minimum Gasteiger partial charge on any atom is -0.339 e. The molecule has 0 saturated carbocycles. The van der Waals surface area contributed by atoms with Crippen molar-refractivity contribution in [2.24, 2.45) is 7.05 Å². The van der Waals surface area contributed by atoms with Gasteiger partial charge >= 0.3 is 0 Å². The number of aryl methyl sites for hydroxylation is 3. The first kappa shape index (κ1) is 20.3. The number of carbonyl (C=O) groups excluding carboxylic acids is 1. The molecule has 5 rings (SSSR count). The van der Waals surface area contributed by atoms with Crippen LogP contribution in [0.1, 0.15) is 26.5 Å². The number of ketones is 1. The molecule has 4 aromatic heterocycles. The van der Waals surface area contributed by atoms with Gasteiger partial charge in [0, 0.05) is 41.1 Å². The fraction of sp³-hybridized carbons (Fsp3) is 0.167. The van der Waals surface area contributed by atoms with E-state index >= 15 is 0 Å². The van der Waals surface area contributed by atoms with Crippen LogP contribution >= 0.6 is 11.3 Å². The van der Waals surface area contributed by atoms with Gasteiger partial charge in [0.05, 0.1) is 22.5 Å². The third kappa shape index (κ3) is 3.85. The lowest BCUT2D eigenvalue weighted by atomic mass is 10.0. The number of thiophene rings is 1. The monoisotopic (exact) mass is 445 g/mol. The normalized spacial score (nSPS) is 11.3. The molecule has 0 aliphatic rings. The minimum absolute atomic E-state index is 0.0411. The molecule has 0 saturated heterocycles. The van der Waals surface area contributed by atoms with E-state index in [-0.39, 0.29) is 18.0 Å². The van der Waals surface area contributed by atoms with Crippen LogP contribution in [0.4, 0.5) is 4.39 Å². The highest BCUT2D eigenvalue weighted by Crippen LogP contribution is 2.30. The molecule has 0 fully saturated rings. The third-order valence-electron chi connectivity index (χ3n) is 5.40. The maximum Gasteiger partial charge on any atom is 0.173 e. The summed E-state index contributed by atoms with van der Waals surface area (Å²) in [6, 6.07) is 10.8. The first-order valence-electron chi connectivity index (χ1n) is 10.2. The van der Waals surface area contributed by atoms with E-state index in [9.17, 15) is 9.18 Å². The smallest absolute Gasteiger partial charge is 0.173 e. The molecule has 6 nitrogen and oxygen atoms in total. The summed E-state index contributed by atoms with van der Waals surface area (Å²) < 4.78 is 16.6. The molecule has 8 heteroatoms. The van der Waals surface area contributed by atoms with Crippen molar-refractivity contribution in [3.63, 3.8) is 0 Å². The predicted molar refractivity (Wildman–Crippen MR) is 123 cm³/mol. The van der Waals surface area contributed by atoms with E-state index in [4.69, 9.17) is 0 Å². The van der Waals surface area contributed by atoms with Gasteiger partial charge in [-0.15, -0.1) is 11.3 Å². The van der Waals surface area contributed by atoms with Gasteiger partial charge in [-0.05, 0) is 43.2 Å². The van der Waals surface area contributed by atoms with E-state index < -0.39 is 0 Å². The SMILES string of the molecule is Cc1ccc(C(=O)CCc2ccc(-c3ncnc4[nH]c(-c5cnn(C)c5)cc34)cc2F)s1. The molecule has 5 aromatic rings. The van der Waals surface area contributed by atoms with E-state index in [1.54, 1.807) is 16.9 Å². The molecule has 0 spiro atoms. The predicted octanol–water partition coefficient (Wildman–Crippen LogP) is 5.35. The van der Waals surface area contributed by atoms with Gasteiger partial charge in [0.2, 0.25) is 0 Å². The molecule has 160 valence electrons. The minimum atomic E-state index is -0.340. The Balaban J connectivity index is 1.41. The van der Waals surface area contributed by atoms with Crippen molar-refractivity contribution in [3.05, 3.63) is 76.3 Å². The summed E-state index contributed by atoms with van der Waals surface area (Å²) in [6.07, 6.45) is 5.78. The van der Waals surface area contributed by atoms with Gasteiger partial charge < -0.3 is 4.98 Å². The van der Waals surface area contributed by atoms with Crippen LogP contribution in [0.15, 0.2) is 55.1 Å². The van der Waals surface area contributed by atoms with Crippen LogP contribution in [0.5, 0.6) is 0 Å². The average molecular weight is 446 g/mol. The number of halogens is 1. The Morgan fingerprint density at radius 3 is 2.75 bits per heavy atom. The zero-order chi connectivity index (χ0) is 22.2. The van der Waals surface area contributed by atoms with E-state index in [1.165, 1.54) is 23.7 Å². The Morgan fingerprint density at radius 2 is 2.03 bits per heavy atom. The van der Waals surface area contributed by atoms with E-state index in [0.717, 1.165) is 26.4 Å². The summed E-state index contributed by atoms with van der Waals surface area (Å²) in [5, 5.41) is 5.01. The summed E-state index contributed by atoms with van der Waals surface area (Å²) in [7, 11) is 1.86. The molecule has 0 amide bonds. The summed E-state index contributed by atoms with van der Waals surface area (Å²) in [4.78, 5) is 26.2. The zero-order valence-electron chi connectivity index (χ0n) is 17.6. The molecule has 0 atom stereocenters. The second kappa shape index (κ2) is 8.12. The van der Waals surface area contributed by atoms with Crippen LogP contribution in [0.3, 0.4) is 0 Å². The second-order valence-electron chi connectivity index (χ2n) is 7.71. The van der Waals surface area contributed by atoms with Crippen molar-refractivity contribution in [1.82, 2.24) is 24.7 Å². The topological polar surface area (TPSA) is 76.5 Å². The van der Waals surface area contributed by atoms with Crippen LogP contribution in [0.25, 0.3) is 33.5 Å². The highest BCUT2D eigenvalue weighted by molar-refractivity contribution is 7.14. The van der Waals surface area contributed by atoms with Crippen molar-refractivity contribution in [2.45, 2.75) is 19.8 Å². The van der Waals surface area contributed by atoms with Crippen molar-refractivity contribution in [3.8, 4) is 22.5 Å². The van der Waals surface area contributed by atoms with E-state index in [0.29, 0.717) is 28.9 Å². The first-order valence-corrected chi connectivity index (χ1v) is 11.0. The van der Waals surface area contributed by atoms with Crippen LogP contribution in [-0.4, -0.2) is 30.5 Å². The van der Waals surface area contributed by atoms with Gasteiger partial charge in [0.25, 0.3) is 0 Å². The number of benzene rings is 1. The maximum atomic E-state index is 14.9. The Kier molecular flexibility index (Phi) is 5.14. The van der Waals surface area contributed by atoms with Gasteiger partial charge in [-0.1, -0.05) is 12.1 Å². The number of carbonyl (C=O) groups is 1. The fourth-order valence-electron chi connectivity index (χ4n) is 3.74. The molecule has 0 unspecified atom stereocenters. The number of rotatable bonds is 6. The number of hydrogen-bond donors (Lipinski definition) is 1. The van der Waals surface area contributed by atoms with Crippen LogP contribution in [0.2, 0.25) is 0 Å². The maximum absolute atomic E-state index is 14.9. The zero-order valence-corrected chi connectivity index (χ0v) is 18.4. The molecule has 0 radical (unpaired) electrons. The van der Waals surface area contributed by atoms with Crippen LogP contribution in [-0.2, 0) is 13.5 Å². The van der Waals surface area contributed by atoms with Gasteiger partial charge in [-0.3, -0.25) is 9.48 Å². The summed E-state index contributed by atoms with van der Waals surface area (Å²) >= 11 is 1.47. The summed E-state index contributed by atoms with van der Waals surface area (Å²) in [6.45, 7) is 1.97. The van der Waals surface area contributed by atoms with Gasteiger partial charge in [0.15, 0.2) is 5.78 Å². The second-order valence-corrected chi connectivity index (χ2v) is 9.00. The van der Waals surface area contributed by atoms with Gasteiger partial charge in [-0.25, -0.2) is 14.4 Å². The first-order chi connectivity index (χ1) is 15.5. The highest BCUT2D eigenvalue weighted by Gasteiger charge is 2.15. The lowest BCUT2D eigenvalue weighted by molar-refractivity contribution is 0.0986. The standard InChI is InChI=1S/C24H20FN5OS/c1-14-3-8-22(32-14)21(31)7-6-15-4-5-16(9-19(15)25)23-18-10-20(17-11-28-30(2)12-17)29-24(18)27-13-26-23/h3-5,8-13H,6-7H2,1-2H3,(H,26,27,29). The van der Waals surface area contributed by atoms with Crippen LogP contribution < -0.4 is 0 Å².